The van der Waals surface area contributed by atoms with Crippen LogP contribution in [0.5, 0.6) is 0 Å². The molecule has 0 bridgehead atoms. The standard InChI is InChI=1S/C19H28N4S/c1-13(2)8-19-21-11-18(24-19)17-10-20-9-16(22-17)15-6-5-7-23(12-15)14(3)4/h9-11,13-15H,5-8,12H2,1-4H3/t15-/m0/s1. The van der Waals surface area contributed by atoms with E-state index in [0.717, 1.165) is 29.2 Å². The van der Waals surface area contributed by atoms with Crippen LogP contribution in [0, 0.1) is 5.92 Å². The number of hydrogen-bond acceptors (Lipinski definition) is 5. The fraction of sp³-hybridized carbons (Fsp3) is 0.632. The molecule has 5 heteroatoms. The Morgan fingerprint density at radius 3 is 2.79 bits per heavy atom. The molecule has 1 aliphatic rings. The molecular weight excluding hydrogens is 316 g/mol. The van der Waals surface area contributed by atoms with Crippen LogP contribution in [0.2, 0.25) is 0 Å². The Labute approximate surface area is 149 Å². The lowest BCUT2D eigenvalue weighted by Crippen LogP contribution is -2.39. The number of thiazole rings is 1. The summed E-state index contributed by atoms with van der Waals surface area (Å²) < 4.78 is 0. The smallest absolute Gasteiger partial charge is 0.100 e. The zero-order chi connectivity index (χ0) is 17.1. The average molecular weight is 345 g/mol. The van der Waals surface area contributed by atoms with Crippen LogP contribution in [0.3, 0.4) is 0 Å². The second-order valence-corrected chi connectivity index (χ2v) is 8.59. The maximum Gasteiger partial charge on any atom is 0.100 e. The number of nitrogens with zero attached hydrogens (tertiary/aromatic N) is 4. The summed E-state index contributed by atoms with van der Waals surface area (Å²) in [5.74, 6) is 1.13. The van der Waals surface area contributed by atoms with Crippen LogP contribution < -0.4 is 0 Å². The van der Waals surface area contributed by atoms with Crippen molar-refractivity contribution in [3.63, 3.8) is 0 Å². The van der Waals surface area contributed by atoms with Crippen LogP contribution >= 0.6 is 11.3 Å². The van der Waals surface area contributed by atoms with Crippen LogP contribution in [0.4, 0.5) is 0 Å². The van der Waals surface area contributed by atoms with E-state index in [-0.39, 0.29) is 0 Å². The number of likely N-dealkylation sites (tertiary alicyclic amines) is 1. The van der Waals surface area contributed by atoms with Crippen LogP contribution in [0.15, 0.2) is 18.6 Å². The van der Waals surface area contributed by atoms with Crippen molar-refractivity contribution in [2.75, 3.05) is 13.1 Å². The van der Waals surface area contributed by atoms with Crippen molar-refractivity contribution in [3.8, 4) is 10.6 Å². The predicted molar refractivity (Wildman–Crippen MR) is 100 cm³/mol. The van der Waals surface area contributed by atoms with Gasteiger partial charge in [0.1, 0.15) is 5.69 Å². The SMILES string of the molecule is CC(C)Cc1ncc(-c2cncc([C@H]3CCCN(C(C)C)C3)n2)s1. The van der Waals surface area contributed by atoms with E-state index >= 15 is 0 Å². The predicted octanol–water partition coefficient (Wildman–Crippen LogP) is 4.39. The monoisotopic (exact) mass is 344 g/mol. The summed E-state index contributed by atoms with van der Waals surface area (Å²) in [6.07, 6.45) is 9.27. The van der Waals surface area contributed by atoms with Gasteiger partial charge in [-0.05, 0) is 39.2 Å². The average Bonchev–Trinajstić information content (AvgIpc) is 3.03. The quantitative estimate of drug-likeness (QED) is 0.807. The van der Waals surface area contributed by atoms with E-state index in [1.807, 2.05) is 18.6 Å². The first-order valence-electron chi connectivity index (χ1n) is 9.04. The summed E-state index contributed by atoms with van der Waals surface area (Å²) in [4.78, 5) is 17.6. The largest absolute Gasteiger partial charge is 0.300 e. The highest BCUT2D eigenvalue weighted by molar-refractivity contribution is 7.15. The highest BCUT2D eigenvalue weighted by atomic mass is 32.1. The molecule has 1 fully saturated rings. The summed E-state index contributed by atoms with van der Waals surface area (Å²) in [6.45, 7) is 11.3. The third-order valence-electron chi connectivity index (χ3n) is 4.64. The molecule has 0 spiro atoms. The minimum absolute atomic E-state index is 0.497. The molecule has 0 amide bonds. The number of hydrogen-bond donors (Lipinski definition) is 0. The second-order valence-electron chi connectivity index (χ2n) is 7.47. The molecule has 0 unspecified atom stereocenters. The first-order chi connectivity index (χ1) is 11.5. The molecule has 2 aromatic rings. The zero-order valence-corrected chi connectivity index (χ0v) is 16.0. The van der Waals surface area contributed by atoms with Crippen molar-refractivity contribution >= 4 is 11.3 Å². The number of rotatable bonds is 5. The second kappa shape index (κ2) is 7.70. The maximum absolute atomic E-state index is 4.93. The van der Waals surface area contributed by atoms with E-state index in [0.29, 0.717) is 17.9 Å². The van der Waals surface area contributed by atoms with Gasteiger partial charge < -0.3 is 4.90 Å². The van der Waals surface area contributed by atoms with Gasteiger partial charge in [-0.1, -0.05) is 13.8 Å². The van der Waals surface area contributed by atoms with E-state index in [1.165, 1.54) is 24.4 Å². The maximum atomic E-state index is 4.93. The Balaban J connectivity index is 1.77. The van der Waals surface area contributed by atoms with Gasteiger partial charge in [0, 0.05) is 37.3 Å². The molecule has 2 aromatic heterocycles. The van der Waals surface area contributed by atoms with E-state index in [9.17, 15) is 0 Å². The Hall–Kier alpha value is -1.33. The number of piperidine rings is 1. The first-order valence-corrected chi connectivity index (χ1v) is 9.85. The van der Waals surface area contributed by atoms with Crippen molar-refractivity contribution in [2.24, 2.45) is 5.92 Å². The van der Waals surface area contributed by atoms with E-state index in [2.05, 4.69) is 42.6 Å². The molecule has 1 atom stereocenters. The molecule has 1 aliphatic heterocycles. The van der Waals surface area contributed by atoms with E-state index in [4.69, 9.17) is 4.98 Å². The molecule has 0 aliphatic carbocycles. The fourth-order valence-electron chi connectivity index (χ4n) is 3.29. The van der Waals surface area contributed by atoms with Crippen molar-refractivity contribution in [2.45, 2.75) is 58.9 Å². The molecule has 4 nitrogen and oxygen atoms in total. The van der Waals surface area contributed by atoms with Gasteiger partial charge in [-0.3, -0.25) is 4.98 Å². The Morgan fingerprint density at radius 2 is 2.04 bits per heavy atom. The van der Waals surface area contributed by atoms with Gasteiger partial charge in [0.25, 0.3) is 0 Å². The highest BCUT2D eigenvalue weighted by Gasteiger charge is 2.24. The van der Waals surface area contributed by atoms with Gasteiger partial charge in [0.05, 0.1) is 21.8 Å². The van der Waals surface area contributed by atoms with Crippen LogP contribution in [-0.2, 0) is 6.42 Å². The van der Waals surface area contributed by atoms with Crippen molar-refractivity contribution < 1.29 is 0 Å². The molecule has 0 aromatic carbocycles. The van der Waals surface area contributed by atoms with Crippen LogP contribution in [0.1, 0.15) is 57.2 Å². The van der Waals surface area contributed by atoms with Crippen LogP contribution in [-0.4, -0.2) is 39.0 Å². The Kier molecular flexibility index (Phi) is 5.61. The van der Waals surface area contributed by atoms with E-state index in [1.54, 1.807) is 11.3 Å². The Bertz CT molecular complexity index is 665. The molecule has 3 rings (SSSR count). The summed E-state index contributed by atoms with van der Waals surface area (Å²) in [7, 11) is 0. The third kappa shape index (κ3) is 4.19. The van der Waals surface area contributed by atoms with Gasteiger partial charge >= 0.3 is 0 Å². The van der Waals surface area contributed by atoms with Gasteiger partial charge in [-0.15, -0.1) is 11.3 Å². The lowest BCUT2D eigenvalue weighted by atomic mass is 9.94. The summed E-state index contributed by atoms with van der Waals surface area (Å²) in [5, 5.41) is 1.19. The highest BCUT2D eigenvalue weighted by Crippen LogP contribution is 2.30. The molecule has 0 radical (unpaired) electrons. The molecule has 24 heavy (non-hydrogen) atoms. The van der Waals surface area contributed by atoms with Gasteiger partial charge in [-0.25, -0.2) is 9.97 Å². The lowest BCUT2D eigenvalue weighted by molar-refractivity contribution is 0.166. The minimum Gasteiger partial charge on any atom is -0.300 e. The Morgan fingerprint density at radius 1 is 1.21 bits per heavy atom. The molecule has 130 valence electrons. The molecule has 0 N–H and O–H groups in total. The summed E-state index contributed by atoms with van der Waals surface area (Å²) in [5.41, 5.74) is 2.11. The lowest BCUT2D eigenvalue weighted by Gasteiger charge is -2.35. The molecule has 1 saturated heterocycles. The fourth-order valence-corrected chi connectivity index (χ4v) is 4.37. The zero-order valence-electron chi connectivity index (χ0n) is 15.2. The summed E-state index contributed by atoms with van der Waals surface area (Å²) >= 11 is 1.75. The van der Waals surface area contributed by atoms with Crippen molar-refractivity contribution in [3.05, 3.63) is 29.3 Å². The van der Waals surface area contributed by atoms with Gasteiger partial charge in [-0.2, -0.15) is 0 Å². The summed E-state index contributed by atoms with van der Waals surface area (Å²) in [6, 6.07) is 0.601. The van der Waals surface area contributed by atoms with E-state index < -0.39 is 0 Å². The van der Waals surface area contributed by atoms with Gasteiger partial charge in [0.15, 0.2) is 0 Å². The topological polar surface area (TPSA) is 41.9 Å². The first kappa shape index (κ1) is 17.5. The van der Waals surface area contributed by atoms with Crippen molar-refractivity contribution in [1.29, 1.82) is 0 Å². The van der Waals surface area contributed by atoms with Gasteiger partial charge in [0.2, 0.25) is 0 Å². The van der Waals surface area contributed by atoms with Crippen LogP contribution in [0.25, 0.3) is 10.6 Å². The molecule has 0 saturated carbocycles. The number of aromatic nitrogens is 3. The molecule has 3 heterocycles. The van der Waals surface area contributed by atoms with Crippen molar-refractivity contribution in [1.82, 2.24) is 19.9 Å². The third-order valence-corrected chi connectivity index (χ3v) is 5.69. The minimum atomic E-state index is 0.497. The normalized spacial score (nSPS) is 19.3. The molecular formula is C19H28N4S.